The van der Waals surface area contributed by atoms with Crippen LogP contribution in [0.5, 0.6) is 0 Å². The molecule has 0 aliphatic carbocycles. The van der Waals surface area contributed by atoms with Crippen LogP contribution in [0, 0.1) is 5.92 Å². The molecule has 1 saturated heterocycles. The first kappa shape index (κ1) is 26.2. The van der Waals surface area contributed by atoms with E-state index in [1.807, 2.05) is 0 Å². The molecule has 1 aliphatic heterocycles. The maximum atomic E-state index is 13.0. The molecule has 1 aliphatic rings. The summed E-state index contributed by atoms with van der Waals surface area (Å²) in [6, 6.07) is 15.0. The van der Waals surface area contributed by atoms with E-state index in [1.54, 1.807) is 54.6 Å². The Labute approximate surface area is 219 Å². The van der Waals surface area contributed by atoms with E-state index in [0.717, 1.165) is 0 Å². The second-order valence-corrected chi connectivity index (χ2v) is 11.3. The molecule has 2 amide bonds. The summed E-state index contributed by atoms with van der Waals surface area (Å²) >= 11 is 11.9. The summed E-state index contributed by atoms with van der Waals surface area (Å²) in [4.78, 5) is 25.6. The lowest BCUT2D eigenvalue weighted by molar-refractivity contribution is -0.120. The van der Waals surface area contributed by atoms with Crippen molar-refractivity contribution in [3.05, 3.63) is 87.8 Å². The van der Waals surface area contributed by atoms with Crippen molar-refractivity contribution in [2.45, 2.75) is 25.1 Å². The number of anilines is 1. The molecule has 0 spiro atoms. The van der Waals surface area contributed by atoms with Gasteiger partial charge in [-0.1, -0.05) is 41.4 Å². The quantitative estimate of drug-likeness (QED) is 0.423. The van der Waals surface area contributed by atoms with E-state index in [1.165, 1.54) is 10.6 Å². The second-order valence-electron chi connectivity index (χ2n) is 8.47. The van der Waals surface area contributed by atoms with Gasteiger partial charge in [-0.2, -0.15) is 0 Å². The van der Waals surface area contributed by atoms with Crippen molar-refractivity contribution < 1.29 is 22.4 Å². The van der Waals surface area contributed by atoms with Gasteiger partial charge in [-0.05, 0) is 54.8 Å². The Balaban J connectivity index is 1.33. The molecule has 2 N–H and O–H groups in total. The first-order valence-corrected chi connectivity index (χ1v) is 13.7. The summed E-state index contributed by atoms with van der Waals surface area (Å²) in [5, 5.41) is 6.27. The summed E-state index contributed by atoms with van der Waals surface area (Å²) in [7, 11) is -3.58. The Morgan fingerprint density at radius 1 is 1.00 bits per heavy atom. The SMILES string of the molecule is O=C(NCc1ccco1)c1ccccc1NC(=O)C1CCN(S(=O)(=O)Cc2ccc(Cl)c(Cl)c2)CC1. The number of nitrogens with one attached hydrogen (secondary N) is 2. The van der Waals surface area contributed by atoms with Gasteiger partial charge in [-0.25, -0.2) is 12.7 Å². The van der Waals surface area contributed by atoms with Gasteiger partial charge in [0.25, 0.3) is 5.91 Å². The Morgan fingerprint density at radius 3 is 2.44 bits per heavy atom. The minimum absolute atomic E-state index is 0.193. The summed E-state index contributed by atoms with van der Waals surface area (Å²) in [5.41, 5.74) is 1.28. The summed E-state index contributed by atoms with van der Waals surface area (Å²) < 4.78 is 32.4. The number of hydrogen-bond donors (Lipinski definition) is 2. The lowest BCUT2D eigenvalue weighted by Crippen LogP contribution is -2.42. The Kier molecular flexibility index (Phi) is 8.35. The molecule has 0 bridgehead atoms. The van der Waals surface area contributed by atoms with Crippen LogP contribution >= 0.6 is 23.2 Å². The average molecular weight is 550 g/mol. The molecule has 1 aromatic heterocycles. The van der Waals surface area contributed by atoms with Crippen LogP contribution in [-0.4, -0.2) is 37.6 Å². The zero-order chi connectivity index (χ0) is 25.7. The zero-order valence-electron chi connectivity index (χ0n) is 19.2. The number of nitrogens with zero attached hydrogens (tertiary/aromatic N) is 1. The van der Waals surface area contributed by atoms with Gasteiger partial charge >= 0.3 is 0 Å². The average Bonchev–Trinajstić information content (AvgIpc) is 3.39. The highest BCUT2D eigenvalue weighted by Crippen LogP contribution is 2.27. The minimum atomic E-state index is -3.58. The monoisotopic (exact) mass is 549 g/mol. The summed E-state index contributed by atoms with van der Waals surface area (Å²) in [6.07, 6.45) is 2.28. The molecule has 1 fully saturated rings. The van der Waals surface area contributed by atoms with Crippen molar-refractivity contribution in [1.29, 1.82) is 0 Å². The fourth-order valence-electron chi connectivity index (χ4n) is 4.03. The number of hydrogen-bond acceptors (Lipinski definition) is 5. The standard InChI is InChI=1S/C25H25Cl2N3O5S/c26-21-8-7-17(14-22(21)27)16-36(33,34)30-11-9-18(10-12-30)24(31)29-23-6-2-1-5-20(23)25(32)28-15-19-4-3-13-35-19/h1-8,13-14,18H,9-12,15-16H2,(H,28,32)(H,29,31). The van der Waals surface area contributed by atoms with Crippen LogP contribution in [0.15, 0.2) is 65.3 Å². The number of para-hydroxylation sites is 1. The van der Waals surface area contributed by atoms with Crippen molar-refractivity contribution >= 4 is 50.7 Å². The molecular formula is C25H25Cl2N3O5S. The lowest BCUT2D eigenvalue weighted by atomic mass is 9.97. The van der Waals surface area contributed by atoms with E-state index in [4.69, 9.17) is 27.6 Å². The van der Waals surface area contributed by atoms with Crippen molar-refractivity contribution in [3.8, 4) is 0 Å². The third-order valence-electron chi connectivity index (χ3n) is 5.98. The van der Waals surface area contributed by atoms with Crippen LogP contribution in [0.25, 0.3) is 0 Å². The molecule has 3 aromatic rings. The minimum Gasteiger partial charge on any atom is -0.467 e. The van der Waals surface area contributed by atoms with Crippen molar-refractivity contribution in [2.24, 2.45) is 5.92 Å². The third-order valence-corrected chi connectivity index (χ3v) is 8.57. The molecule has 0 unspecified atom stereocenters. The second kappa shape index (κ2) is 11.5. The molecule has 0 saturated carbocycles. The van der Waals surface area contributed by atoms with Crippen molar-refractivity contribution in [2.75, 3.05) is 18.4 Å². The van der Waals surface area contributed by atoms with Gasteiger partial charge in [-0.15, -0.1) is 0 Å². The molecule has 0 radical (unpaired) electrons. The number of rotatable bonds is 8. The van der Waals surface area contributed by atoms with E-state index in [9.17, 15) is 18.0 Å². The summed E-state index contributed by atoms with van der Waals surface area (Å²) in [6.45, 7) is 0.684. The number of piperidine rings is 1. The summed E-state index contributed by atoms with van der Waals surface area (Å²) in [5.74, 6) is -0.541. The normalized spacial score (nSPS) is 14.9. The molecular weight excluding hydrogens is 525 g/mol. The first-order valence-electron chi connectivity index (χ1n) is 11.3. The highest BCUT2D eigenvalue weighted by Gasteiger charge is 2.31. The Bertz CT molecular complexity index is 1340. The van der Waals surface area contributed by atoms with Gasteiger partial charge in [0, 0.05) is 19.0 Å². The van der Waals surface area contributed by atoms with Crippen LogP contribution in [0.2, 0.25) is 10.0 Å². The smallest absolute Gasteiger partial charge is 0.253 e. The molecule has 36 heavy (non-hydrogen) atoms. The number of sulfonamides is 1. The zero-order valence-corrected chi connectivity index (χ0v) is 21.6. The molecule has 2 heterocycles. The van der Waals surface area contributed by atoms with Crippen LogP contribution in [0.4, 0.5) is 5.69 Å². The maximum Gasteiger partial charge on any atom is 0.253 e. The number of furan rings is 1. The predicted molar refractivity (Wildman–Crippen MR) is 138 cm³/mol. The van der Waals surface area contributed by atoms with Crippen molar-refractivity contribution in [1.82, 2.24) is 9.62 Å². The Hall–Kier alpha value is -2.85. The van der Waals surface area contributed by atoms with Gasteiger partial charge < -0.3 is 15.1 Å². The van der Waals surface area contributed by atoms with E-state index >= 15 is 0 Å². The number of halogens is 2. The Morgan fingerprint density at radius 2 is 1.75 bits per heavy atom. The molecule has 190 valence electrons. The molecule has 0 atom stereocenters. The van der Waals surface area contributed by atoms with Gasteiger partial charge in [0.1, 0.15) is 5.76 Å². The van der Waals surface area contributed by atoms with E-state index < -0.39 is 10.0 Å². The fourth-order valence-corrected chi connectivity index (χ4v) is 5.90. The van der Waals surface area contributed by atoms with Gasteiger partial charge in [0.2, 0.25) is 15.9 Å². The van der Waals surface area contributed by atoms with Crippen LogP contribution in [0.1, 0.15) is 34.5 Å². The van der Waals surface area contributed by atoms with E-state index in [-0.39, 0.29) is 43.1 Å². The topological polar surface area (TPSA) is 109 Å². The molecule has 4 rings (SSSR count). The third kappa shape index (κ3) is 6.47. The highest BCUT2D eigenvalue weighted by atomic mass is 35.5. The van der Waals surface area contributed by atoms with E-state index in [0.29, 0.717) is 45.5 Å². The van der Waals surface area contributed by atoms with Crippen LogP contribution < -0.4 is 10.6 Å². The molecule has 2 aromatic carbocycles. The number of amides is 2. The van der Waals surface area contributed by atoms with Crippen LogP contribution in [0.3, 0.4) is 0 Å². The number of carbonyl (C=O) groups excluding carboxylic acids is 2. The van der Waals surface area contributed by atoms with Gasteiger partial charge in [-0.3, -0.25) is 9.59 Å². The maximum absolute atomic E-state index is 13.0. The van der Waals surface area contributed by atoms with Gasteiger partial charge in [0.15, 0.2) is 0 Å². The van der Waals surface area contributed by atoms with Crippen molar-refractivity contribution in [3.63, 3.8) is 0 Å². The van der Waals surface area contributed by atoms with Gasteiger partial charge in [0.05, 0.1) is 39.9 Å². The van der Waals surface area contributed by atoms with E-state index in [2.05, 4.69) is 10.6 Å². The highest BCUT2D eigenvalue weighted by molar-refractivity contribution is 7.88. The molecule has 8 nitrogen and oxygen atoms in total. The predicted octanol–water partition coefficient (Wildman–Crippen LogP) is 4.70. The first-order chi connectivity index (χ1) is 17.2. The lowest BCUT2D eigenvalue weighted by Gasteiger charge is -2.30. The van der Waals surface area contributed by atoms with Crippen LogP contribution in [-0.2, 0) is 27.1 Å². The fraction of sp³-hybridized carbons (Fsp3) is 0.280. The largest absolute Gasteiger partial charge is 0.467 e. The number of benzene rings is 2. The molecule has 11 heteroatoms. The number of carbonyl (C=O) groups is 2.